The van der Waals surface area contributed by atoms with E-state index in [2.05, 4.69) is 5.32 Å². The van der Waals surface area contributed by atoms with Gasteiger partial charge in [0.05, 0.1) is 10.4 Å². The molecule has 0 bridgehead atoms. The Labute approximate surface area is 186 Å². The first-order valence-electron chi connectivity index (χ1n) is 10.7. The number of carbonyl (C=O) groups excluding carboxylic acids is 1. The number of hydrogen-bond donors (Lipinski definition) is 1. The van der Waals surface area contributed by atoms with E-state index < -0.39 is 15.8 Å². The van der Waals surface area contributed by atoms with Gasteiger partial charge in [0.1, 0.15) is 6.54 Å². The lowest BCUT2D eigenvalue weighted by Gasteiger charge is -2.34. The van der Waals surface area contributed by atoms with E-state index in [0.29, 0.717) is 25.2 Å². The van der Waals surface area contributed by atoms with Crippen molar-refractivity contribution in [2.45, 2.75) is 38.3 Å². The summed E-state index contributed by atoms with van der Waals surface area (Å²) in [5.74, 6) is -0.479. The highest BCUT2D eigenvalue weighted by Crippen LogP contribution is 2.28. The standard InChI is InChI=1S/C23H27N3O5S/c1-16-10-17(2)14-25(13-16)32(29,30)19-8-9-20-21(11-19)31-23(28)26(20)15-22(27)24-12-18-6-4-3-5-7-18/h3-9,11,16-17H,10,12-15H2,1-2H3,(H,24,27)/t16-,17-/m1/s1. The van der Waals surface area contributed by atoms with Crippen molar-refractivity contribution < 1.29 is 17.6 Å². The molecule has 2 atom stereocenters. The van der Waals surface area contributed by atoms with Crippen LogP contribution in [0.3, 0.4) is 0 Å². The Bertz CT molecular complexity index is 1270. The maximum absolute atomic E-state index is 13.1. The van der Waals surface area contributed by atoms with Gasteiger partial charge in [-0.25, -0.2) is 13.2 Å². The molecule has 9 heteroatoms. The number of carbonyl (C=O) groups is 1. The Balaban J connectivity index is 1.54. The van der Waals surface area contributed by atoms with Gasteiger partial charge in [-0.2, -0.15) is 4.31 Å². The average Bonchev–Trinajstić information content (AvgIpc) is 3.06. The number of oxazole rings is 1. The van der Waals surface area contributed by atoms with E-state index in [-0.39, 0.29) is 34.8 Å². The maximum atomic E-state index is 13.1. The van der Waals surface area contributed by atoms with Crippen LogP contribution in [0.25, 0.3) is 11.1 Å². The lowest BCUT2D eigenvalue weighted by molar-refractivity contribution is -0.121. The van der Waals surface area contributed by atoms with Gasteiger partial charge < -0.3 is 9.73 Å². The molecule has 1 fully saturated rings. The van der Waals surface area contributed by atoms with Gasteiger partial charge in [0.25, 0.3) is 0 Å². The summed E-state index contributed by atoms with van der Waals surface area (Å²) < 4.78 is 34.3. The summed E-state index contributed by atoms with van der Waals surface area (Å²) >= 11 is 0. The first-order chi connectivity index (χ1) is 15.2. The SMILES string of the molecule is C[C@@H]1C[C@@H](C)CN(S(=O)(=O)c2ccc3c(c2)oc(=O)n3CC(=O)NCc2ccccc2)C1. The second kappa shape index (κ2) is 8.91. The normalized spacial score (nSPS) is 19.8. The van der Waals surface area contributed by atoms with Crippen molar-refractivity contribution in [1.82, 2.24) is 14.2 Å². The van der Waals surface area contributed by atoms with Crippen LogP contribution >= 0.6 is 0 Å². The quantitative estimate of drug-likeness (QED) is 0.613. The minimum Gasteiger partial charge on any atom is -0.408 e. The van der Waals surface area contributed by atoms with Crippen LogP contribution in [0.5, 0.6) is 0 Å². The molecule has 1 N–H and O–H groups in total. The summed E-state index contributed by atoms with van der Waals surface area (Å²) in [7, 11) is -3.70. The van der Waals surface area contributed by atoms with Crippen LogP contribution in [0.15, 0.2) is 62.6 Å². The molecule has 0 radical (unpaired) electrons. The second-order valence-corrected chi connectivity index (χ2v) is 10.6. The first-order valence-corrected chi connectivity index (χ1v) is 12.1. The highest BCUT2D eigenvalue weighted by molar-refractivity contribution is 7.89. The van der Waals surface area contributed by atoms with Crippen molar-refractivity contribution in [2.75, 3.05) is 13.1 Å². The number of piperidine rings is 1. The molecule has 0 spiro atoms. The Kier molecular flexibility index (Phi) is 6.21. The number of rotatable bonds is 6. The summed E-state index contributed by atoms with van der Waals surface area (Å²) in [4.78, 5) is 24.8. The number of hydrogen-bond acceptors (Lipinski definition) is 5. The van der Waals surface area contributed by atoms with E-state index in [4.69, 9.17) is 4.42 Å². The highest BCUT2D eigenvalue weighted by atomic mass is 32.2. The third-order valence-electron chi connectivity index (χ3n) is 5.75. The zero-order valence-electron chi connectivity index (χ0n) is 18.2. The lowest BCUT2D eigenvalue weighted by Crippen LogP contribution is -2.42. The van der Waals surface area contributed by atoms with Crippen molar-refractivity contribution in [3.05, 3.63) is 64.6 Å². The fourth-order valence-corrected chi connectivity index (χ4v) is 6.00. The first kappa shape index (κ1) is 22.3. The number of fused-ring (bicyclic) bond motifs is 1. The molecule has 1 aliphatic heterocycles. The van der Waals surface area contributed by atoms with E-state index in [1.165, 1.54) is 27.1 Å². The van der Waals surface area contributed by atoms with Gasteiger partial charge in [0, 0.05) is 25.7 Å². The fourth-order valence-electron chi connectivity index (χ4n) is 4.30. The Morgan fingerprint density at radius 1 is 1.09 bits per heavy atom. The van der Waals surface area contributed by atoms with Crippen molar-refractivity contribution in [2.24, 2.45) is 11.8 Å². The molecule has 0 unspecified atom stereocenters. The molecule has 1 amide bonds. The van der Waals surface area contributed by atoms with Crippen LogP contribution in [-0.2, 0) is 27.9 Å². The number of nitrogens with zero attached hydrogens (tertiary/aromatic N) is 2. The van der Waals surface area contributed by atoms with Crippen LogP contribution < -0.4 is 11.1 Å². The topological polar surface area (TPSA) is 102 Å². The fraction of sp³-hybridized carbons (Fsp3) is 0.391. The molecule has 2 heterocycles. The highest BCUT2D eigenvalue weighted by Gasteiger charge is 2.32. The predicted molar refractivity (Wildman–Crippen MR) is 120 cm³/mol. The monoisotopic (exact) mass is 457 g/mol. The van der Waals surface area contributed by atoms with E-state index in [1.807, 2.05) is 44.2 Å². The molecule has 2 aromatic carbocycles. The van der Waals surface area contributed by atoms with Gasteiger partial charge in [0.2, 0.25) is 15.9 Å². The van der Waals surface area contributed by atoms with Gasteiger partial charge >= 0.3 is 5.76 Å². The van der Waals surface area contributed by atoms with Crippen LogP contribution in [0.4, 0.5) is 0 Å². The number of amides is 1. The number of aromatic nitrogens is 1. The van der Waals surface area contributed by atoms with Crippen LogP contribution in [0, 0.1) is 11.8 Å². The molecule has 0 aliphatic carbocycles. The van der Waals surface area contributed by atoms with Gasteiger partial charge in [0.15, 0.2) is 5.58 Å². The van der Waals surface area contributed by atoms with E-state index in [0.717, 1.165) is 12.0 Å². The maximum Gasteiger partial charge on any atom is 0.420 e. The summed E-state index contributed by atoms with van der Waals surface area (Å²) in [5, 5.41) is 2.77. The van der Waals surface area contributed by atoms with Gasteiger partial charge in [-0.1, -0.05) is 44.2 Å². The molecule has 3 aromatic rings. The van der Waals surface area contributed by atoms with E-state index in [9.17, 15) is 18.0 Å². The van der Waals surface area contributed by atoms with E-state index >= 15 is 0 Å². The van der Waals surface area contributed by atoms with Crippen molar-refractivity contribution in [1.29, 1.82) is 0 Å². The molecule has 0 saturated carbocycles. The largest absolute Gasteiger partial charge is 0.420 e. The molecule has 32 heavy (non-hydrogen) atoms. The molecule has 170 valence electrons. The smallest absolute Gasteiger partial charge is 0.408 e. The second-order valence-electron chi connectivity index (χ2n) is 8.61. The molecule has 1 aliphatic rings. The number of sulfonamides is 1. The summed E-state index contributed by atoms with van der Waals surface area (Å²) in [6.45, 7) is 5.16. The number of benzene rings is 2. The summed E-state index contributed by atoms with van der Waals surface area (Å²) in [6.07, 6.45) is 0.995. The Morgan fingerprint density at radius 2 is 1.78 bits per heavy atom. The lowest BCUT2D eigenvalue weighted by atomic mass is 9.94. The third-order valence-corrected chi connectivity index (χ3v) is 7.57. The minimum atomic E-state index is -3.70. The van der Waals surface area contributed by atoms with Gasteiger partial charge in [-0.15, -0.1) is 0 Å². The summed E-state index contributed by atoms with van der Waals surface area (Å²) in [5.41, 5.74) is 1.47. The van der Waals surface area contributed by atoms with Crippen molar-refractivity contribution in [3.8, 4) is 0 Å². The molecule has 8 nitrogen and oxygen atoms in total. The van der Waals surface area contributed by atoms with Crippen molar-refractivity contribution >= 4 is 27.0 Å². The zero-order chi connectivity index (χ0) is 22.9. The third kappa shape index (κ3) is 4.63. The molecule has 1 saturated heterocycles. The van der Waals surface area contributed by atoms with Gasteiger partial charge in [-0.05, 0) is 36.0 Å². The molecular formula is C23H27N3O5S. The zero-order valence-corrected chi connectivity index (χ0v) is 19.0. The Hall–Kier alpha value is -2.91. The van der Waals surface area contributed by atoms with E-state index in [1.54, 1.807) is 0 Å². The van der Waals surface area contributed by atoms with Crippen LogP contribution in [0.2, 0.25) is 0 Å². The molecule has 4 rings (SSSR count). The van der Waals surface area contributed by atoms with Crippen molar-refractivity contribution in [3.63, 3.8) is 0 Å². The number of nitrogens with one attached hydrogen (secondary N) is 1. The van der Waals surface area contributed by atoms with Gasteiger partial charge in [-0.3, -0.25) is 9.36 Å². The average molecular weight is 458 g/mol. The van der Waals surface area contributed by atoms with Crippen LogP contribution in [-0.4, -0.2) is 36.3 Å². The predicted octanol–water partition coefficient (Wildman–Crippen LogP) is 2.58. The minimum absolute atomic E-state index is 0.0840. The Morgan fingerprint density at radius 3 is 2.47 bits per heavy atom. The molecule has 1 aromatic heterocycles. The van der Waals surface area contributed by atoms with Crippen LogP contribution in [0.1, 0.15) is 25.8 Å². The summed E-state index contributed by atoms with van der Waals surface area (Å²) in [6, 6.07) is 13.8. The molecular weight excluding hydrogens is 430 g/mol.